The van der Waals surface area contributed by atoms with E-state index in [1.165, 1.54) is 15.1 Å². The van der Waals surface area contributed by atoms with Crippen molar-refractivity contribution in [2.45, 2.75) is 26.3 Å². The third-order valence-corrected chi connectivity index (χ3v) is 3.53. The van der Waals surface area contributed by atoms with E-state index < -0.39 is 0 Å². The fourth-order valence-electron chi connectivity index (χ4n) is 1.02. The van der Waals surface area contributed by atoms with E-state index in [1.807, 2.05) is 0 Å². The summed E-state index contributed by atoms with van der Waals surface area (Å²) in [7, 11) is 0. The van der Waals surface area contributed by atoms with Crippen LogP contribution in [0.4, 0.5) is 0 Å². The second-order valence-electron chi connectivity index (χ2n) is 2.82. The van der Waals surface area contributed by atoms with Crippen molar-refractivity contribution in [2.75, 3.05) is 6.54 Å². The molecular formula is C9H14BrNS. The normalized spacial score (nSPS) is 13.2. The van der Waals surface area contributed by atoms with E-state index in [2.05, 4.69) is 47.2 Å². The van der Waals surface area contributed by atoms with Gasteiger partial charge in [0.25, 0.3) is 0 Å². The second-order valence-corrected chi connectivity index (χ2v) is 5.31. The molecule has 1 nitrogen and oxygen atoms in total. The van der Waals surface area contributed by atoms with Crippen molar-refractivity contribution in [2.24, 2.45) is 0 Å². The lowest BCUT2D eigenvalue weighted by Crippen LogP contribution is -2.18. The molecule has 0 fully saturated rings. The van der Waals surface area contributed by atoms with Crippen molar-refractivity contribution in [1.82, 2.24) is 5.32 Å². The molecular weight excluding hydrogens is 234 g/mol. The maximum atomic E-state index is 3.46. The molecule has 0 aliphatic rings. The van der Waals surface area contributed by atoms with Gasteiger partial charge in [0.15, 0.2) is 0 Å². The summed E-state index contributed by atoms with van der Waals surface area (Å²) in [6, 6.07) is 4.76. The van der Waals surface area contributed by atoms with E-state index in [4.69, 9.17) is 0 Å². The van der Waals surface area contributed by atoms with Crippen LogP contribution in [0.5, 0.6) is 0 Å². The van der Waals surface area contributed by atoms with Crippen molar-refractivity contribution in [3.63, 3.8) is 0 Å². The maximum Gasteiger partial charge on any atom is 0.0701 e. The summed E-state index contributed by atoms with van der Waals surface area (Å²) in [6.07, 6.45) is 1.19. The number of halogens is 1. The Hall–Kier alpha value is 0.140. The van der Waals surface area contributed by atoms with Crippen molar-refractivity contribution < 1.29 is 0 Å². The van der Waals surface area contributed by atoms with E-state index in [0.717, 1.165) is 6.54 Å². The summed E-state index contributed by atoms with van der Waals surface area (Å²) in [5.41, 5.74) is 0. The number of rotatable bonds is 4. The van der Waals surface area contributed by atoms with Gasteiger partial charge in [0.05, 0.1) is 3.79 Å². The number of hydrogen-bond acceptors (Lipinski definition) is 2. The first-order chi connectivity index (χ1) is 5.74. The SMILES string of the molecule is CCCN[C@@H](C)c1ccc(Br)s1. The Bertz CT molecular complexity index is 234. The molecule has 0 aliphatic heterocycles. The molecule has 1 N–H and O–H groups in total. The lowest BCUT2D eigenvalue weighted by molar-refractivity contribution is 0.578. The van der Waals surface area contributed by atoms with Gasteiger partial charge >= 0.3 is 0 Å². The van der Waals surface area contributed by atoms with Crippen LogP contribution in [0.15, 0.2) is 15.9 Å². The van der Waals surface area contributed by atoms with Gasteiger partial charge < -0.3 is 5.32 Å². The summed E-state index contributed by atoms with van der Waals surface area (Å²) in [4.78, 5) is 1.40. The number of hydrogen-bond donors (Lipinski definition) is 1. The van der Waals surface area contributed by atoms with Crippen molar-refractivity contribution >= 4 is 27.3 Å². The Morgan fingerprint density at radius 2 is 2.33 bits per heavy atom. The third kappa shape index (κ3) is 2.88. The molecule has 0 amide bonds. The second kappa shape index (κ2) is 5.00. The molecule has 0 aromatic carbocycles. The van der Waals surface area contributed by atoms with Gasteiger partial charge in [-0.2, -0.15) is 0 Å². The van der Waals surface area contributed by atoms with Crippen LogP contribution in [0.3, 0.4) is 0 Å². The van der Waals surface area contributed by atoms with E-state index >= 15 is 0 Å². The van der Waals surface area contributed by atoms with Crippen LogP contribution in [0, 0.1) is 0 Å². The van der Waals surface area contributed by atoms with Gasteiger partial charge in [-0.15, -0.1) is 11.3 Å². The maximum absolute atomic E-state index is 3.46. The Labute approximate surface area is 86.3 Å². The fraction of sp³-hybridized carbons (Fsp3) is 0.556. The predicted molar refractivity (Wildman–Crippen MR) is 58.7 cm³/mol. The molecule has 68 valence electrons. The Balaban J connectivity index is 2.47. The summed E-state index contributed by atoms with van der Waals surface area (Å²) < 4.78 is 1.21. The third-order valence-electron chi connectivity index (χ3n) is 1.72. The summed E-state index contributed by atoms with van der Waals surface area (Å²) in [5, 5.41) is 3.45. The van der Waals surface area contributed by atoms with Crippen LogP contribution in [0.1, 0.15) is 31.2 Å². The highest BCUT2D eigenvalue weighted by Gasteiger charge is 2.05. The average molecular weight is 248 g/mol. The van der Waals surface area contributed by atoms with Crippen molar-refractivity contribution in [1.29, 1.82) is 0 Å². The van der Waals surface area contributed by atoms with E-state index in [1.54, 1.807) is 11.3 Å². The van der Waals surface area contributed by atoms with Crippen LogP contribution in [-0.2, 0) is 0 Å². The largest absolute Gasteiger partial charge is 0.309 e. The minimum atomic E-state index is 0.487. The first-order valence-electron chi connectivity index (χ1n) is 4.22. The smallest absolute Gasteiger partial charge is 0.0701 e. The predicted octanol–water partition coefficient (Wildman–Crippen LogP) is 3.57. The molecule has 12 heavy (non-hydrogen) atoms. The van der Waals surface area contributed by atoms with Gasteiger partial charge in [0.2, 0.25) is 0 Å². The monoisotopic (exact) mass is 247 g/mol. The highest BCUT2D eigenvalue weighted by Crippen LogP contribution is 2.26. The standard InChI is InChI=1S/C9H14BrNS/c1-3-6-11-7(2)8-4-5-9(10)12-8/h4-5,7,11H,3,6H2,1-2H3/t7-/m0/s1. The van der Waals surface area contributed by atoms with Crippen LogP contribution in [0.25, 0.3) is 0 Å². The van der Waals surface area contributed by atoms with Crippen molar-refractivity contribution in [3.8, 4) is 0 Å². The molecule has 1 heterocycles. The molecule has 3 heteroatoms. The van der Waals surface area contributed by atoms with Crippen LogP contribution in [-0.4, -0.2) is 6.54 Å². The highest BCUT2D eigenvalue weighted by atomic mass is 79.9. The van der Waals surface area contributed by atoms with E-state index in [9.17, 15) is 0 Å². The highest BCUT2D eigenvalue weighted by molar-refractivity contribution is 9.11. The number of nitrogens with one attached hydrogen (secondary N) is 1. The molecule has 0 saturated heterocycles. The molecule has 1 aromatic rings. The first-order valence-corrected chi connectivity index (χ1v) is 5.83. The molecule has 0 saturated carbocycles. The lowest BCUT2D eigenvalue weighted by Gasteiger charge is -2.10. The molecule has 0 spiro atoms. The first kappa shape index (κ1) is 10.2. The van der Waals surface area contributed by atoms with Gasteiger partial charge in [-0.1, -0.05) is 6.92 Å². The Morgan fingerprint density at radius 1 is 1.58 bits per heavy atom. The number of thiophene rings is 1. The molecule has 1 rings (SSSR count). The zero-order valence-corrected chi connectivity index (χ0v) is 9.83. The summed E-state index contributed by atoms with van der Waals surface area (Å²) in [5.74, 6) is 0. The summed E-state index contributed by atoms with van der Waals surface area (Å²) in [6.45, 7) is 5.48. The van der Waals surface area contributed by atoms with Gasteiger partial charge in [-0.05, 0) is 48.0 Å². The van der Waals surface area contributed by atoms with Gasteiger partial charge in [0, 0.05) is 10.9 Å². The molecule has 1 atom stereocenters. The lowest BCUT2D eigenvalue weighted by atomic mass is 10.3. The van der Waals surface area contributed by atoms with Gasteiger partial charge in [-0.3, -0.25) is 0 Å². The molecule has 0 aliphatic carbocycles. The molecule has 0 radical (unpaired) electrons. The average Bonchev–Trinajstić information content (AvgIpc) is 2.47. The Kier molecular flexibility index (Phi) is 4.26. The zero-order valence-electron chi connectivity index (χ0n) is 7.43. The fourth-order valence-corrected chi connectivity index (χ4v) is 2.47. The van der Waals surface area contributed by atoms with Gasteiger partial charge in [-0.25, -0.2) is 0 Å². The quantitative estimate of drug-likeness (QED) is 0.858. The molecule has 1 aromatic heterocycles. The van der Waals surface area contributed by atoms with Crippen molar-refractivity contribution in [3.05, 3.63) is 20.8 Å². The van der Waals surface area contributed by atoms with Crippen LogP contribution >= 0.6 is 27.3 Å². The minimum absolute atomic E-state index is 0.487. The zero-order chi connectivity index (χ0) is 8.97. The minimum Gasteiger partial charge on any atom is -0.309 e. The van der Waals surface area contributed by atoms with Gasteiger partial charge in [0.1, 0.15) is 0 Å². The van der Waals surface area contributed by atoms with E-state index in [-0.39, 0.29) is 0 Å². The van der Waals surface area contributed by atoms with Crippen LogP contribution in [0.2, 0.25) is 0 Å². The molecule has 0 unspecified atom stereocenters. The topological polar surface area (TPSA) is 12.0 Å². The Morgan fingerprint density at radius 3 is 2.83 bits per heavy atom. The van der Waals surface area contributed by atoms with E-state index in [0.29, 0.717) is 6.04 Å². The van der Waals surface area contributed by atoms with Crippen LogP contribution < -0.4 is 5.32 Å². The molecule has 0 bridgehead atoms. The summed E-state index contributed by atoms with van der Waals surface area (Å²) >= 11 is 5.26.